The Balaban J connectivity index is 1.09. The number of likely N-dealkylation sites (N-methyl/N-ethyl adjacent to an activating group) is 1. The van der Waals surface area contributed by atoms with Gasteiger partial charge in [0.15, 0.2) is 17.3 Å². The highest BCUT2D eigenvalue weighted by Gasteiger charge is 2.41. The maximum Gasteiger partial charge on any atom is 0.271 e. The molecule has 4 aliphatic rings. The first-order valence-corrected chi connectivity index (χ1v) is 16.9. The van der Waals surface area contributed by atoms with Crippen molar-refractivity contribution in [2.75, 3.05) is 75.1 Å². The lowest BCUT2D eigenvalue weighted by atomic mass is 9.71. The largest absolute Gasteiger partial charge is 0.380 e. The van der Waals surface area contributed by atoms with Crippen molar-refractivity contribution >= 4 is 28.9 Å². The molecule has 4 fully saturated rings. The summed E-state index contributed by atoms with van der Waals surface area (Å²) in [5.41, 5.74) is 10.8. The summed E-state index contributed by atoms with van der Waals surface area (Å²) in [7, 11) is 2.22. The molecule has 46 heavy (non-hydrogen) atoms. The lowest BCUT2D eigenvalue weighted by molar-refractivity contribution is -0.131. The van der Waals surface area contributed by atoms with Gasteiger partial charge in [0.25, 0.3) is 5.91 Å². The summed E-state index contributed by atoms with van der Waals surface area (Å²) in [6.07, 6.45) is 8.41. The number of aromatic nitrogens is 3. The van der Waals surface area contributed by atoms with Gasteiger partial charge in [-0.25, -0.2) is 9.97 Å². The van der Waals surface area contributed by atoms with Gasteiger partial charge in [0.1, 0.15) is 5.69 Å². The van der Waals surface area contributed by atoms with Gasteiger partial charge in [-0.2, -0.15) is 0 Å². The Morgan fingerprint density at radius 1 is 0.957 bits per heavy atom. The minimum atomic E-state index is -0.639. The number of piperidine rings is 1. The van der Waals surface area contributed by atoms with Gasteiger partial charge in [-0.05, 0) is 88.4 Å². The summed E-state index contributed by atoms with van der Waals surface area (Å²) in [5.74, 6) is 0.308. The molecule has 0 radical (unpaired) electrons. The van der Waals surface area contributed by atoms with Gasteiger partial charge in [-0.1, -0.05) is 6.07 Å². The van der Waals surface area contributed by atoms with E-state index in [2.05, 4.69) is 62.5 Å². The van der Waals surface area contributed by atoms with Crippen LogP contribution >= 0.6 is 0 Å². The molecule has 0 unspecified atom stereocenters. The third-order valence-corrected chi connectivity index (χ3v) is 10.6. The average molecular weight is 626 g/mol. The van der Waals surface area contributed by atoms with Gasteiger partial charge in [0.2, 0.25) is 0 Å². The molecule has 7 rings (SSSR count). The fraction of sp³-hybridized carbons (Fsp3) is 0.543. The number of nitrogens with zero attached hydrogens (tertiary/aromatic N) is 6. The van der Waals surface area contributed by atoms with Crippen LogP contribution in [-0.2, 0) is 4.74 Å². The average Bonchev–Trinajstić information content (AvgIpc) is 3.05. The molecule has 4 N–H and O–H groups in total. The molecule has 11 nitrogen and oxygen atoms in total. The third kappa shape index (κ3) is 6.54. The van der Waals surface area contributed by atoms with E-state index in [0.29, 0.717) is 34.5 Å². The number of nitrogens with one attached hydrogen (secondary N) is 2. The number of aryl methyl sites for hydroxylation is 1. The Bertz CT molecular complexity index is 1520. The molecule has 1 aromatic carbocycles. The number of rotatable bonds is 8. The van der Waals surface area contributed by atoms with Gasteiger partial charge >= 0.3 is 0 Å². The monoisotopic (exact) mass is 625 g/mol. The molecular formula is C35H47N9O2. The van der Waals surface area contributed by atoms with Gasteiger partial charge in [0.05, 0.1) is 18.9 Å². The first-order valence-electron chi connectivity index (χ1n) is 16.9. The number of carbonyl (C=O) groups is 1. The second-order valence-electron chi connectivity index (χ2n) is 13.8. The maximum atomic E-state index is 12.7. The number of ether oxygens (including phenoxy) is 1. The van der Waals surface area contributed by atoms with Crippen LogP contribution in [0, 0.1) is 12.3 Å². The summed E-state index contributed by atoms with van der Waals surface area (Å²) in [4.78, 5) is 34.6. The van der Waals surface area contributed by atoms with E-state index in [1.807, 2.05) is 18.2 Å². The quantitative estimate of drug-likeness (QED) is 0.334. The standard InChI is InChI=1S/C35H47N9O2/c1-24-21-26(6-7-29(24)44-15-10-27(11-16-44)43-19-17-42(2)18-20-43)39-34-31(32(36)45)40-30(28-5-3-4-14-37-28)33(41-34)38-25-8-12-35(13-9-25)22-46-23-35/h3-7,14,21,25,27H,8-13,15-20,22-23H2,1-2H3,(H2,36,45)(H2,38,39,41). The minimum absolute atomic E-state index is 0.0909. The fourth-order valence-corrected chi connectivity index (χ4v) is 7.61. The molecule has 3 saturated heterocycles. The Hall–Kier alpha value is -3.80. The predicted molar refractivity (Wildman–Crippen MR) is 182 cm³/mol. The van der Waals surface area contributed by atoms with Crippen LogP contribution in [0.5, 0.6) is 0 Å². The van der Waals surface area contributed by atoms with Crippen LogP contribution in [0.4, 0.5) is 23.0 Å². The second kappa shape index (κ2) is 13.1. The lowest BCUT2D eigenvalue weighted by Gasteiger charge is -2.46. The van der Waals surface area contributed by atoms with Gasteiger partial charge < -0.3 is 30.9 Å². The van der Waals surface area contributed by atoms with Crippen molar-refractivity contribution in [3.05, 3.63) is 53.9 Å². The normalized spacial score (nSPS) is 21.2. The molecule has 244 valence electrons. The predicted octanol–water partition coefficient (Wildman–Crippen LogP) is 4.28. The Labute approximate surface area is 271 Å². The van der Waals surface area contributed by atoms with E-state index in [4.69, 9.17) is 20.4 Å². The minimum Gasteiger partial charge on any atom is -0.380 e. The van der Waals surface area contributed by atoms with Crippen LogP contribution in [0.2, 0.25) is 0 Å². The van der Waals surface area contributed by atoms with Crippen LogP contribution in [-0.4, -0.2) is 102 Å². The van der Waals surface area contributed by atoms with E-state index in [1.54, 1.807) is 6.20 Å². The lowest BCUT2D eigenvalue weighted by Crippen LogP contribution is -2.52. The number of hydrogen-bond acceptors (Lipinski definition) is 10. The third-order valence-electron chi connectivity index (χ3n) is 10.6. The first-order chi connectivity index (χ1) is 22.4. The van der Waals surface area contributed by atoms with E-state index < -0.39 is 5.91 Å². The van der Waals surface area contributed by atoms with Gasteiger partial charge in [-0.15, -0.1) is 0 Å². The molecule has 0 bridgehead atoms. The van der Waals surface area contributed by atoms with E-state index >= 15 is 0 Å². The zero-order valence-corrected chi connectivity index (χ0v) is 27.2. The molecule has 2 aromatic heterocycles. The highest BCUT2D eigenvalue weighted by atomic mass is 16.5. The fourth-order valence-electron chi connectivity index (χ4n) is 7.61. The summed E-state index contributed by atoms with van der Waals surface area (Å²) in [6.45, 7) is 10.7. The van der Waals surface area contributed by atoms with Crippen molar-refractivity contribution in [2.45, 2.75) is 57.5 Å². The number of nitrogens with two attached hydrogens (primary N) is 1. The summed E-state index contributed by atoms with van der Waals surface area (Å²) in [6, 6.07) is 12.9. The van der Waals surface area contributed by atoms with Gasteiger partial charge in [-0.3, -0.25) is 14.7 Å². The number of amides is 1. The molecule has 11 heteroatoms. The van der Waals surface area contributed by atoms with Crippen LogP contribution in [0.3, 0.4) is 0 Å². The van der Waals surface area contributed by atoms with Crippen molar-refractivity contribution in [2.24, 2.45) is 11.1 Å². The zero-order chi connectivity index (χ0) is 31.7. The summed E-state index contributed by atoms with van der Waals surface area (Å²) < 4.78 is 5.53. The molecule has 0 atom stereocenters. The van der Waals surface area contributed by atoms with Crippen molar-refractivity contribution < 1.29 is 9.53 Å². The smallest absolute Gasteiger partial charge is 0.271 e. The number of anilines is 4. The van der Waals surface area contributed by atoms with Gasteiger partial charge in [0, 0.05) is 74.3 Å². The number of carbonyl (C=O) groups excluding carboxylic acids is 1. The topological polar surface area (TPSA) is 125 Å². The molecule has 1 amide bonds. The molecule has 3 aliphatic heterocycles. The molecule has 3 aromatic rings. The zero-order valence-electron chi connectivity index (χ0n) is 27.2. The highest BCUT2D eigenvalue weighted by molar-refractivity contribution is 5.97. The Morgan fingerprint density at radius 2 is 1.72 bits per heavy atom. The summed E-state index contributed by atoms with van der Waals surface area (Å²) >= 11 is 0. The first kappa shape index (κ1) is 30.8. The van der Waals surface area contributed by atoms with E-state index in [0.717, 1.165) is 70.8 Å². The van der Waals surface area contributed by atoms with E-state index in [9.17, 15) is 4.79 Å². The van der Waals surface area contributed by atoms with Crippen LogP contribution in [0.25, 0.3) is 11.4 Å². The second-order valence-corrected chi connectivity index (χ2v) is 13.8. The number of benzene rings is 1. The van der Waals surface area contributed by atoms with Crippen LogP contribution in [0.15, 0.2) is 42.6 Å². The molecular weight excluding hydrogens is 578 g/mol. The Morgan fingerprint density at radius 3 is 2.35 bits per heavy atom. The SMILES string of the molecule is Cc1cc(Nc2nc(NC3CCC4(CC3)COC4)c(-c3ccccn3)nc2C(N)=O)ccc1N1CCC(N2CCN(C)CC2)CC1. The number of hydrogen-bond donors (Lipinski definition) is 3. The van der Waals surface area contributed by atoms with Crippen molar-refractivity contribution in [1.82, 2.24) is 24.8 Å². The van der Waals surface area contributed by atoms with Crippen molar-refractivity contribution in [3.63, 3.8) is 0 Å². The maximum absolute atomic E-state index is 12.7. The molecule has 1 spiro atoms. The molecule has 1 aliphatic carbocycles. The number of pyridine rings is 1. The molecule has 5 heterocycles. The molecule has 1 saturated carbocycles. The van der Waals surface area contributed by atoms with Crippen molar-refractivity contribution in [1.29, 1.82) is 0 Å². The van der Waals surface area contributed by atoms with Crippen LogP contribution in [0.1, 0.15) is 54.6 Å². The van der Waals surface area contributed by atoms with Crippen LogP contribution < -0.4 is 21.3 Å². The number of piperazine rings is 1. The van der Waals surface area contributed by atoms with Crippen molar-refractivity contribution in [3.8, 4) is 11.4 Å². The van der Waals surface area contributed by atoms with E-state index in [-0.39, 0.29) is 11.7 Å². The highest BCUT2D eigenvalue weighted by Crippen LogP contribution is 2.43. The van der Waals surface area contributed by atoms with E-state index in [1.165, 1.54) is 37.2 Å². The summed E-state index contributed by atoms with van der Waals surface area (Å²) in [5, 5.41) is 7.05. The Kier molecular flexibility index (Phi) is 8.80. The number of primary amides is 1.